The first-order valence-electron chi connectivity index (χ1n) is 5.90. The van der Waals surface area contributed by atoms with E-state index in [9.17, 15) is 14.9 Å². The fourth-order valence-electron chi connectivity index (χ4n) is 1.56. The van der Waals surface area contributed by atoms with Crippen LogP contribution in [-0.2, 0) is 0 Å². The van der Waals surface area contributed by atoms with Crippen LogP contribution in [0.2, 0.25) is 5.02 Å². The van der Waals surface area contributed by atoms with Crippen LogP contribution in [0.1, 0.15) is 15.9 Å². The average Bonchev–Trinajstić information content (AvgIpc) is 2.48. The Bertz CT molecular complexity index is 702. The molecule has 2 aromatic rings. The van der Waals surface area contributed by atoms with Gasteiger partial charge in [-0.2, -0.15) is 5.10 Å². The molecule has 0 fully saturated rings. The van der Waals surface area contributed by atoms with Crippen molar-refractivity contribution in [2.45, 2.75) is 0 Å². The normalized spacial score (nSPS) is 10.5. The first kappa shape index (κ1) is 14.7. The summed E-state index contributed by atoms with van der Waals surface area (Å²) >= 11 is 5.68. The fraction of sp³-hybridized carbons (Fsp3) is 0. The molecule has 0 bridgehead atoms. The Hall–Kier alpha value is -2.73. The van der Waals surface area contributed by atoms with E-state index in [1.165, 1.54) is 18.3 Å². The molecule has 0 saturated heterocycles. The minimum Gasteiger partial charge on any atom is -0.267 e. The molecule has 0 unspecified atom stereocenters. The number of hydrogen-bond acceptors (Lipinski definition) is 4. The highest BCUT2D eigenvalue weighted by molar-refractivity contribution is 6.32. The van der Waals surface area contributed by atoms with Crippen molar-refractivity contribution in [3.05, 3.63) is 74.8 Å². The maximum absolute atomic E-state index is 11.8. The Labute approximate surface area is 125 Å². The molecule has 0 saturated carbocycles. The fourth-order valence-corrected chi connectivity index (χ4v) is 1.75. The summed E-state index contributed by atoms with van der Waals surface area (Å²) < 4.78 is 0. The van der Waals surface area contributed by atoms with Gasteiger partial charge in [-0.3, -0.25) is 14.9 Å². The van der Waals surface area contributed by atoms with E-state index < -0.39 is 10.8 Å². The van der Waals surface area contributed by atoms with Crippen molar-refractivity contribution in [3.63, 3.8) is 0 Å². The molecule has 1 N–H and O–H groups in total. The zero-order valence-electron chi connectivity index (χ0n) is 10.7. The maximum Gasteiger partial charge on any atom is 0.288 e. The molecule has 0 spiro atoms. The molecule has 6 nitrogen and oxygen atoms in total. The standard InChI is InChI=1S/C14H10ClN3O3/c15-12-7-6-11(8-13(12)18(20)21)14(19)17-16-9-10-4-2-1-3-5-10/h1-9H,(H,17,19). The van der Waals surface area contributed by atoms with E-state index >= 15 is 0 Å². The number of carbonyl (C=O) groups is 1. The van der Waals surface area contributed by atoms with E-state index in [1.54, 1.807) is 0 Å². The number of halogens is 1. The van der Waals surface area contributed by atoms with Gasteiger partial charge in [0.25, 0.3) is 11.6 Å². The summed E-state index contributed by atoms with van der Waals surface area (Å²) in [4.78, 5) is 21.9. The second-order valence-corrected chi connectivity index (χ2v) is 4.44. The van der Waals surface area contributed by atoms with Gasteiger partial charge in [-0.1, -0.05) is 41.9 Å². The number of benzene rings is 2. The lowest BCUT2D eigenvalue weighted by Crippen LogP contribution is -2.17. The number of amides is 1. The van der Waals surface area contributed by atoms with Crippen molar-refractivity contribution >= 4 is 29.4 Å². The third kappa shape index (κ3) is 3.87. The number of hydrazone groups is 1. The number of nitrogens with zero attached hydrogens (tertiary/aromatic N) is 2. The average molecular weight is 304 g/mol. The van der Waals surface area contributed by atoms with Crippen LogP contribution in [0.5, 0.6) is 0 Å². The van der Waals surface area contributed by atoms with Crippen molar-refractivity contribution in [2.75, 3.05) is 0 Å². The van der Waals surface area contributed by atoms with Crippen molar-refractivity contribution in [3.8, 4) is 0 Å². The molecule has 2 rings (SSSR count). The molecular formula is C14H10ClN3O3. The van der Waals surface area contributed by atoms with Crippen LogP contribution in [0.4, 0.5) is 5.69 Å². The Morgan fingerprint density at radius 2 is 1.95 bits per heavy atom. The van der Waals surface area contributed by atoms with Gasteiger partial charge in [0.15, 0.2) is 0 Å². The lowest BCUT2D eigenvalue weighted by molar-refractivity contribution is -0.384. The van der Waals surface area contributed by atoms with Crippen molar-refractivity contribution in [1.29, 1.82) is 0 Å². The van der Waals surface area contributed by atoms with Gasteiger partial charge < -0.3 is 0 Å². The van der Waals surface area contributed by atoms with Crippen LogP contribution >= 0.6 is 11.6 Å². The van der Waals surface area contributed by atoms with Gasteiger partial charge >= 0.3 is 0 Å². The van der Waals surface area contributed by atoms with E-state index in [2.05, 4.69) is 10.5 Å². The van der Waals surface area contributed by atoms with Crippen molar-refractivity contribution in [2.24, 2.45) is 5.10 Å². The number of carbonyl (C=O) groups excluding carboxylic acids is 1. The summed E-state index contributed by atoms with van der Waals surface area (Å²) in [5, 5.41) is 14.5. The van der Waals surface area contributed by atoms with Crippen molar-refractivity contribution < 1.29 is 9.72 Å². The Morgan fingerprint density at radius 3 is 2.62 bits per heavy atom. The molecule has 1 amide bonds. The largest absolute Gasteiger partial charge is 0.288 e. The maximum atomic E-state index is 11.8. The van der Waals surface area contributed by atoms with Crippen LogP contribution in [0.3, 0.4) is 0 Å². The molecule has 0 atom stereocenters. The SMILES string of the molecule is O=C(NN=Cc1ccccc1)c1ccc(Cl)c([N+](=O)[O-])c1. The van der Waals surface area contributed by atoms with E-state index in [1.807, 2.05) is 30.3 Å². The van der Waals surface area contributed by atoms with Crippen LogP contribution in [0.25, 0.3) is 0 Å². The molecule has 0 heterocycles. The van der Waals surface area contributed by atoms with Gasteiger partial charge in [-0.15, -0.1) is 0 Å². The van der Waals surface area contributed by atoms with E-state index in [-0.39, 0.29) is 16.3 Å². The Balaban J connectivity index is 2.09. The number of nitro benzene ring substituents is 1. The van der Waals surface area contributed by atoms with Crippen LogP contribution in [0, 0.1) is 10.1 Å². The first-order chi connectivity index (χ1) is 10.1. The van der Waals surface area contributed by atoms with Gasteiger partial charge in [0.2, 0.25) is 0 Å². The highest BCUT2D eigenvalue weighted by Crippen LogP contribution is 2.24. The summed E-state index contributed by atoms with van der Waals surface area (Å²) in [5.41, 5.74) is 2.90. The Morgan fingerprint density at radius 1 is 1.24 bits per heavy atom. The summed E-state index contributed by atoms with van der Waals surface area (Å²) in [6.45, 7) is 0. The minimum absolute atomic E-state index is 0.0238. The highest BCUT2D eigenvalue weighted by Gasteiger charge is 2.15. The van der Waals surface area contributed by atoms with Crippen LogP contribution < -0.4 is 5.43 Å². The predicted molar refractivity (Wildman–Crippen MR) is 79.6 cm³/mol. The van der Waals surface area contributed by atoms with Crippen LogP contribution in [-0.4, -0.2) is 17.0 Å². The topological polar surface area (TPSA) is 84.6 Å². The smallest absolute Gasteiger partial charge is 0.267 e. The highest BCUT2D eigenvalue weighted by atomic mass is 35.5. The summed E-state index contributed by atoms with van der Waals surface area (Å²) in [6, 6.07) is 13.0. The molecule has 0 aromatic heterocycles. The molecular weight excluding hydrogens is 294 g/mol. The van der Waals surface area contributed by atoms with E-state index in [0.29, 0.717) is 0 Å². The third-order valence-electron chi connectivity index (χ3n) is 2.58. The minimum atomic E-state index is -0.646. The molecule has 0 radical (unpaired) electrons. The summed E-state index contributed by atoms with van der Waals surface area (Å²) in [5.74, 6) is -0.554. The lowest BCUT2D eigenvalue weighted by Gasteiger charge is -2.01. The molecule has 0 aliphatic carbocycles. The van der Waals surface area contributed by atoms with Crippen molar-refractivity contribution in [1.82, 2.24) is 5.43 Å². The molecule has 2 aromatic carbocycles. The van der Waals surface area contributed by atoms with Gasteiger partial charge in [-0.25, -0.2) is 5.43 Å². The zero-order chi connectivity index (χ0) is 15.2. The first-order valence-corrected chi connectivity index (χ1v) is 6.28. The number of hydrogen-bond donors (Lipinski definition) is 1. The number of nitrogens with one attached hydrogen (secondary N) is 1. The van der Waals surface area contributed by atoms with E-state index in [4.69, 9.17) is 11.6 Å². The second kappa shape index (κ2) is 6.62. The second-order valence-electron chi connectivity index (χ2n) is 4.03. The molecule has 0 aliphatic heterocycles. The van der Waals surface area contributed by atoms with Crippen LogP contribution in [0.15, 0.2) is 53.6 Å². The summed E-state index contributed by atoms with van der Waals surface area (Å²) in [6.07, 6.45) is 1.47. The molecule has 21 heavy (non-hydrogen) atoms. The number of rotatable bonds is 4. The van der Waals surface area contributed by atoms with Gasteiger partial charge in [0.05, 0.1) is 11.1 Å². The van der Waals surface area contributed by atoms with Gasteiger partial charge in [-0.05, 0) is 17.7 Å². The monoisotopic (exact) mass is 303 g/mol. The molecule has 106 valence electrons. The quantitative estimate of drug-likeness (QED) is 0.535. The van der Waals surface area contributed by atoms with Gasteiger partial charge in [0, 0.05) is 11.6 Å². The molecule has 7 heteroatoms. The number of nitro groups is 1. The Kier molecular flexibility index (Phi) is 4.63. The molecule has 0 aliphatic rings. The summed E-state index contributed by atoms with van der Waals surface area (Å²) in [7, 11) is 0. The van der Waals surface area contributed by atoms with Gasteiger partial charge in [0.1, 0.15) is 5.02 Å². The lowest BCUT2D eigenvalue weighted by atomic mass is 10.2. The third-order valence-corrected chi connectivity index (χ3v) is 2.90. The van der Waals surface area contributed by atoms with E-state index in [0.717, 1.165) is 11.6 Å². The zero-order valence-corrected chi connectivity index (χ0v) is 11.4. The predicted octanol–water partition coefficient (Wildman–Crippen LogP) is 3.01.